The Balaban J connectivity index is 3.13. The molecule has 0 aliphatic rings. The van der Waals surface area contributed by atoms with Gasteiger partial charge in [0.25, 0.3) is 10.1 Å². The molecule has 3 nitrogen and oxygen atoms in total. The van der Waals surface area contributed by atoms with Gasteiger partial charge in [-0.1, -0.05) is 30.3 Å². The van der Waals surface area contributed by atoms with Crippen LogP contribution in [0.1, 0.15) is 12.5 Å². The standard InChI is InChI=1S/C12H13F3O3S/c1-9(18-19(2,16)17)8-11(12(13,14)15)10-6-4-3-5-7-10/h3-9H,1-2H3/b11-8+. The molecule has 0 heterocycles. The highest BCUT2D eigenvalue weighted by Crippen LogP contribution is 2.34. The molecule has 0 amide bonds. The van der Waals surface area contributed by atoms with Gasteiger partial charge in [-0.25, -0.2) is 0 Å². The second kappa shape index (κ2) is 5.75. The maximum Gasteiger partial charge on any atom is 0.416 e. The molecule has 1 aromatic carbocycles. The van der Waals surface area contributed by atoms with E-state index >= 15 is 0 Å². The van der Waals surface area contributed by atoms with Gasteiger partial charge in [-0.2, -0.15) is 21.6 Å². The summed E-state index contributed by atoms with van der Waals surface area (Å²) in [7, 11) is -3.81. The van der Waals surface area contributed by atoms with Crippen LogP contribution in [-0.4, -0.2) is 27.0 Å². The summed E-state index contributed by atoms with van der Waals surface area (Å²) in [5.74, 6) is 0. The first-order chi connectivity index (χ1) is 8.59. The van der Waals surface area contributed by atoms with Crippen molar-refractivity contribution in [3.63, 3.8) is 0 Å². The predicted molar refractivity (Wildman–Crippen MR) is 65.9 cm³/mol. The lowest BCUT2D eigenvalue weighted by Crippen LogP contribution is -2.17. The molecule has 1 aromatic rings. The zero-order valence-electron chi connectivity index (χ0n) is 10.3. The molecule has 19 heavy (non-hydrogen) atoms. The van der Waals surface area contributed by atoms with Crippen LogP contribution >= 0.6 is 0 Å². The Bertz CT molecular complexity index is 547. The molecule has 1 rings (SSSR count). The van der Waals surface area contributed by atoms with Crippen molar-refractivity contribution in [2.75, 3.05) is 6.26 Å². The van der Waals surface area contributed by atoms with E-state index in [1.165, 1.54) is 31.2 Å². The maximum atomic E-state index is 12.9. The highest BCUT2D eigenvalue weighted by Gasteiger charge is 2.35. The SMILES string of the molecule is CC(/C=C(\c1ccccc1)C(F)(F)F)OS(C)(=O)=O. The molecule has 0 aliphatic carbocycles. The van der Waals surface area contributed by atoms with Crippen molar-refractivity contribution in [2.45, 2.75) is 19.2 Å². The van der Waals surface area contributed by atoms with Crippen LogP contribution in [0, 0.1) is 0 Å². The molecule has 0 radical (unpaired) electrons. The van der Waals surface area contributed by atoms with E-state index in [-0.39, 0.29) is 5.56 Å². The Kier molecular flexibility index (Phi) is 4.75. The van der Waals surface area contributed by atoms with Gasteiger partial charge in [0.05, 0.1) is 17.9 Å². The zero-order valence-corrected chi connectivity index (χ0v) is 11.1. The molecule has 1 atom stereocenters. The molecule has 7 heteroatoms. The molecule has 0 fully saturated rings. The smallest absolute Gasteiger partial charge is 0.263 e. The predicted octanol–water partition coefficient (Wildman–Crippen LogP) is 3.00. The van der Waals surface area contributed by atoms with Gasteiger partial charge >= 0.3 is 6.18 Å². The van der Waals surface area contributed by atoms with E-state index < -0.39 is 28.0 Å². The monoisotopic (exact) mass is 294 g/mol. The normalized spacial score (nSPS) is 15.3. The van der Waals surface area contributed by atoms with Crippen molar-refractivity contribution in [1.82, 2.24) is 0 Å². The van der Waals surface area contributed by atoms with Crippen LogP contribution in [0.15, 0.2) is 36.4 Å². The van der Waals surface area contributed by atoms with Crippen molar-refractivity contribution in [3.8, 4) is 0 Å². The lowest BCUT2D eigenvalue weighted by molar-refractivity contribution is -0.0694. The fraction of sp³-hybridized carbons (Fsp3) is 0.333. The molecule has 0 N–H and O–H groups in total. The average molecular weight is 294 g/mol. The molecule has 0 saturated heterocycles. The van der Waals surface area contributed by atoms with Crippen LogP contribution in [0.2, 0.25) is 0 Å². The van der Waals surface area contributed by atoms with E-state index in [4.69, 9.17) is 0 Å². The van der Waals surface area contributed by atoms with Crippen molar-refractivity contribution >= 4 is 15.7 Å². The Hall–Kier alpha value is -1.34. The lowest BCUT2D eigenvalue weighted by Gasteiger charge is -2.14. The van der Waals surface area contributed by atoms with E-state index in [9.17, 15) is 21.6 Å². The Morgan fingerprint density at radius 3 is 2.21 bits per heavy atom. The summed E-state index contributed by atoms with van der Waals surface area (Å²) in [6.45, 7) is 1.23. The number of halogens is 3. The fourth-order valence-corrected chi connectivity index (χ4v) is 2.12. The summed E-state index contributed by atoms with van der Waals surface area (Å²) in [5, 5.41) is 0. The van der Waals surface area contributed by atoms with E-state index in [0.29, 0.717) is 0 Å². The molecular formula is C12H13F3O3S. The van der Waals surface area contributed by atoms with Gasteiger partial charge in [0, 0.05) is 0 Å². The summed E-state index contributed by atoms with van der Waals surface area (Å²) in [6, 6.07) is 7.13. The van der Waals surface area contributed by atoms with Crippen LogP contribution in [0.25, 0.3) is 5.57 Å². The minimum absolute atomic E-state index is 0.0426. The van der Waals surface area contributed by atoms with Gasteiger partial charge < -0.3 is 0 Å². The Labute approximate surface area is 109 Å². The molecular weight excluding hydrogens is 281 g/mol. The second-order valence-electron chi connectivity index (χ2n) is 3.95. The van der Waals surface area contributed by atoms with Crippen LogP contribution in [0.5, 0.6) is 0 Å². The highest BCUT2D eigenvalue weighted by molar-refractivity contribution is 7.86. The summed E-state index contributed by atoms with van der Waals surface area (Å²) in [5.41, 5.74) is -0.969. The number of rotatable bonds is 4. The maximum absolute atomic E-state index is 12.9. The highest BCUT2D eigenvalue weighted by atomic mass is 32.2. The van der Waals surface area contributed by atoms with Crippen molar-refractivity contribution < 1.29 is 25.8 Å². The van der Waals surface area contributed by atoms with Gasteiger partial charge in [0.2, 0.25) is 0 Å². The quantitative estimate of drug-likeness (QED) is 0.802. The second-order valence-corrected chi connectivity index (χ2v) is 5.55. The van der Waals surface area contributed by atoms with Gasteiger partial charge in [-0.3, -0.25) is 4.18 Å². The largest absolute Gasteiger partial charge is 0.416 e. The van der Waals surface area contributed by atoms with E-state index in [0.717, 1.165) is 12.3 Å². The van der Waals surface area contributed by atoms with E-state index in [1.807, 2.05) is 0 Å². The minimum Gasteiger partial charge on any atom is -0.263 e. The first-order valence-corrected chi connectivity index (χ1v) is 7.14. The van der Waals surface area contributed by atoms with Crippen molar-refractivity contribution in [3.05, 3.63) is 42.0 Å². The van der Waals surface area contributed by atoms with Gasteiger partial charge in [-0.15, -0.1) is 0 Å². The molecule has 0 aliphatic heterocycles. The third-order valence-corrected chi connectivity index (χ3v) is 2.77. The minimum atomic E-state index is -4.59. The first kappa shape index (κ1) is 15.7. The van der Waals surface area contributed by atoms with Crippen LogP contribution in [-0.2, 0) is 14.3 Å². The Morgan fingerprint density at radius 2 is 1.79 bits per heavy atom. The molecule has 0 aromatic heterocycles. The topological polar surface area (TPSA) is 43.4 Å². The summed E-state index contributed by atoms with van der Waals surface area (Å²) >= 11 is 0. The number of hydrogen-bond donors (Lipinski definition) is 0. The third-order valence-electron chi connectivity index (χ3n) is 2.12. The average Bonchev–Trinajstić information content (AvgIpc) is 2.23. The van der Waals surface area contributed by atoms with Gasteiger partial charge in [0.15, 0.2) is 0 Å². The van der Waals surface area contributed by atoms with E-state index in [2.05, 4.69) is 4.18 Å². The van der Waals surface area contributed by atoms with Gasteiger partial charge in [-0.05, 0) is 18.6 Å². The number of alkyl halides is 3. The van der Waals surface area contributed by atoms with Crippen LogP contribution in [0.4, 0.5) is 13.2 Å². The summed E-state index contributed by atoms with van der Waals surface area (Å²) in [6.07, 6.45) is -4.26. The lowest BCUT2D eigenvalue weighted by atomic mass is 10.0. The number of allylic oxidation sites excluding steroid dienone is 1. The van der Waals surface area contributed by atoms with Crippen LogP contribution in [0.3, 0.4) is 0 Å². The summed E-state index contributed by atoms with van der Waals surface area (Å²) in [4.78, 5) is 0. The number of hydrogen-bond acceptors (Lipinski definition) is 3. The van der Waals surface area contributed by atoms with Gasteiger partial charge in [0.1, 0.15) is 0 Å². The van der Waals surface area contributed by atoms with Crippen molar-refractivity contribution in [1.29, 1.82) is 0 Å². The third kappa shape index (κ3) is 5.44. The number of benzene rings is 1. The Morgan fingerprint density at radius 1 is 1.26 bits per heavy atom. The summed E-state index contributed by atoms with van der Waals surface area (Å²) < 4.78 is 65.0. The molecule has 1 unspecified atom stereocenters. The molecule has 106 valence electrons. The molecule has 0 spiro atoms. The first-order valence-electron chi connectivity index (χ1n) is 5.32. The van der Waals surface area contributed by atoms with Crippen LogP contribution < -0.4 is 0 Å². The zero-order chi connectivity index (χ0) is 14.7. The van der Waals surface area contributed by atoms with E-state index in [1.54, 1.807) is 6.07 Å². The molecule has 0 saturated carbocycles. The fourth-order valence-electron chi connectivity index (χ4n) is 1.51. The molecule has 0 bridgehead atoms. The van der Waals surface area contributed by atoms with Crippen molar-refractivity contribution in [2.24, 2.45) is 0 Å².